The van der Waals surface area contributed by atoms with E-state index in [0.717, 1.165) is 5.56 Å². The van der Waals surface area contributed by atoms with Crippen LogP contribution in [0.4, 0.5) is 0 Å². The lowest BCUT2D eigenvalue weighted by molar-refractivity contribution is -0.130. The van der Waals surface area contributed by atoms with E-state index in [9.17, 15) is 9.59 Å². The molecule has 0 aromatic heterocycles. The van der Waals surface area contributed by atoms with Gasteiger partial charge in [-0.2, -0.15) is 0 Å². The zero-order valence-electron chi connectivity index (χ0n) is 12.4. The molecule has 1 aromatic carbocycles. The molecule has 5 nitrogen and oxygen atoms in total. The summed E-state index contributed by atoms with van der Waals surface area (Å²) >= 11 is 12.4. The van der Waals surface area contributed by atoms with Gasteiger partial charge in [-0.25, -0.2) is 0 Å². The third-order valence-electron chi connectivity index (χ3n) is 3.80. The number of rotatable bonds is 2. The number of fused-ring (bicyclic) bond motifs is 1. The Balaban J connectivity index is 1.88. The number of carbonyl (C=O) groups is 2. The Kier molecular flexibility index (Phi) is 4.33. The molecule has 2 aliphatic rings. The van der Waals surface area contributed by atoms with Crippen LogP contribution >= 0.6 is 23.2 Å². The fourth-order valence-electron chi connectivity index (χ4n) is 2.61. The van der Waals surface area contributed by atoms with Crippen molar-refractivity contribution in [3.63, 3.8) is 0 Å². The van der Waals surface area contributed by atoms with Gasteiger partial charge in [-0.3, -0.25) is 9.59 Å². The Labute approximate surface area is 144 Å². The van der Waals surface area contributed by atoms with Crippen LogP contribution in [0.5, 0.6) is 0 Å². The van der Waals surface area contributed by atoms with Gasteiger partial charge in [0.1, 0.15) is 0 Å². The molecule has 0 bridgehead atoms. The lowest BCUT2D eigenvalue weighted by Crippen LogP contribution is -2.37. The quantitative estimate of drug-likeness (QED) is 0.888. The van der Waals surface area contributed by atoms with Gasteiger partial charge in [-0.1, -0.05) is 29.3 Å². The Morgan fingerprint density at radius 2 is 1.96 bits per heavy atom. The van der Waals surface area contributed by atoms with Crippen molar-refractivity contribution in [1.82, 2.24) is 15.1 Å². The smallest absolute Gasteiger partial charge is 0.253 e. The van der Waals surface area contributed by atoms with E-state index in [1.807, 2.05) is 11.1 Å². The number of likely N-dealkylation sites (N-methyl/N-ethyl adjacent to an activating group) is 1. The molecule has 1 atom stereocenters. The molecule has 7 heteroatoms. The molecule has 1 aromatic rings. The van der Waals surface area contributed by atoms with Crippen molar-refractivity contribution in [2.24, 2.45) is 0 Å². The Hall–Kier alpha value is -1.98. The van der Waals surface area contributed by atoms with E-state index in [4.69, 9.17) is 23.2 Å². The number of halogens is 2. The van der Waals surface area contributed by atoms with Gasteiger partial charge in [0, 0.05) is 41.6 Å². The minimum Gasteiger partial charge on any atom is -0.349 e. The van der Waals surface area contributed by atoms with Gasteiger partial charge < -0.3 is 15.1 Å². The number of carbonyl (C=O) groups excluding carboxylic acids is 2. The predicted molar refractivity (Wildman–Crippen MR) is 88.8 cm³/mol. The zero-order valence-corrected chi connectivity index (χ0v) is 13.9. The summed E-state index contributed by atoms with van der Waals surface area (Å²) < 4.78 is 0. The summed E-state index contributed by atoms with van der Waals surface area (Å²) in [5, 5.41) is 3.96. The maximum atomic E-state index is 12.4. The van der Waals surface area contributed by atoms with Crippen LogP contribution in [0, 0.1) is 0 Å². The van der Waals surface area contributed by atoms with E-state index >= 15 is 0 Å². The number of nitrogens with zero attached hydrogens (tertiary/aromatic N) is 2. The molecule has 1 N–H and O–H groups in total. The Morgan fingerprint density at radius 3 is 2.65 bits per heavy atom. The van der Waals surface area contributed by atoms with Crippen LogP contribution in [-0.4, -0.2) is 41.2 Å². The van der Waals surface area contributed by atoms with E-state index in [1.54, 1.807) is 37.5 Å². The van der Waals surface area contributed by atoms with Crippen LogP contribution in [0.25, 0.3) is 0 Å². The summed E-state index contributed by atoms with van der Waals surface area (Å²) in [5.41, 5.74) is 1.30. The van der Waals surface area contributed by atoms with Gasteiger partial charge >= 0.3 is 0 Å². The molecule has 2 aliphatic heterocycles. The molecule has 0 radical (unpaired) electrons. The van der Waals surface area contributed by atoms with Crippen LogP contribution in [-0.2, 0) is 16.1 Å². The number of benzene rings is 1. The maximum absolute atomic E-state index is 12.4. The zero-order chi connectivity index (χ0) is 16.6. The van der Waals surface area contributed by atoms with E-state index < -0.39 is 6.04 Å². The number of hydrogen-bond donors (Lipinski definition) is 1. The molecule has 120 valence electrons. The Bertz CT molecular complexity index is 710. The van der Waals surface area contributed by atoms with Crippen LogP contribution in [0.15, 0.2) is 42.2 Å². The summed E-state index contributed by atoms with van der Waals surface area (Å²) in [5.74, 6) is -0.352. The minimum atomic E-state index is -0.405. The lowest BCUT2D eigenvalue weighted by Gasteiger charge is -2.26. The predicted octanol–water partition coefficient (Wildman–Crippen LogP) is 2.16. The SMILES string of the molecule is CN1CC(=O)N[C@@H]2C=CN(Cc3c(Cl)cccc3Cl)C=C2C1=O. The van der Waals surface area contributed by atoms with Crippen LogP contribution in [0.3, 0.4) is 0 Å². The van der Waals surface area contributed by atoms with Crippen molar-refractivity contribution >= 4 is 35.0 Å². The van der Waals surface area contributed by atoms with E-state index in [0.29, 0.717) is 22.2 Å². The van der Waals surface area contributed by atoms with Crippen LogP contribution in [0.1, 0.15) is 5.56 Å². The average Bonchev–Trinajstić information content (AvgIpc) is 2.61. The van der Waals surface area contributed by atoms with Crippen LogP contribution < -0.4 is 5.32 Å². The lowest BCUT2D eigenvalue weighted by atomic mass is 10.0. The largest absolute Gasteiger partial charge is 0.349 e. The molecule has 3 rings (SSSR count). The fraction of sp³-hybridized carbons (Fsp3) is 0.250. The molecule has 0 saturated carbocycles. The first-order chi connectivity index (χ1) is 11.0. The molecule has 0 spiro atoms. The normalized spacial score (nSPS) is 20.8. The molecule has 0 aliphatic carbocycles. The molecular formula is C16H15Cl2N3O2. The van der Waals surface area contributed by atoms with Crippen molar-refractivity contribution in [3.05, 3.63) is 57.9 Å². The second-order valence-electron chi connectivity index (χ2n) is 5.50. The van der Waals surface area contributed by atoms with Crippen molar-refractivity contribution < 1.29 is 9.59 Å². The van der Waals surface area contributed by atoms with Crippen molar-refractivity contribution in [1.29, 1.82) is 0 Å². The first kappa shape index (κ1) is 15.9. The van der Waals surface area contributed by atoms with Gasteiger partial charge in [0.2, 0.25) is 5.91 Å². The summed E-state index contributed by atoms with van der Waals surface area (Å²) in [7, 11) is 1.61. The highest BCUT2D eigenvalue weighted by Crippen LogP contribution is 2.27. The van der Waals surface area contributed by atoms with E-state index in [-0.39, 0.29) is 18.4 Å². The molecule has 1 saturated heterocycles. The van der Waals surface area contributed by atoms with Crippen molar-refractivity contribution in [3.8, 4) is 0 Å². The third kappa shape index (κ3) is 3.21. The average molecular weight is 352 g/mol. The highest BCUT2D eigenvalue weighted by atomic mass is 35.5. The topological polar surface area (TPSA) is 52.7 Å². The maximum Gasteiger partial charge on any atom is 0.253 e. The molecule has 2 heterocycles. The molecule has 23 heavy (non-hydrogen) atoms. The first-order valence-electron chi connectivity index (χ1n) is 7.09. The molecular weight excluding hydrogens is 337 g/mol. The van der Waals surface area contributed by atoms with Gasteiger partial charge in [-0.15, -0.1) is 0 Å². The van der Waals surface area contributed by atoms with Gasteiger partial charge in [0.15, 0.2) is 0 Å². The standard InChI is InChI=1S/C16H15Cl2N3O2/c1-20-9-15(22)19-14-5-6-21(8-11(14)16(20)23)7-10-12(17)3-2-4-13(10)18/h2-6,8,14H,7,9H2,1H3,(H,19,22)/t14-/m1/s1. The molecule has 0 unspecified atom stereocenters. The van der Waals surface area contributed by atoms with Gasteiger partial charge in [-0.05, 0) is 18.2 Å². The second kappa shape index (κ2) is 6.26. The molecule has 1 fully saturated rings. The fourth-order valence-corrected chi connectivity index (χ4v) is 3.12. The summed E-state index contributed by atoms with van der Waals surface area (Å²) in [6, 6.07) is 4.93. The third-order valence-corrected chi connectivity index (χ3v) is 4.51. The van der Waals surface area contributed by atoms with E-state index in [2.05, 4.69) is 5.32 Å². The summed E-state index contributed by atoms with van der Waals surface area (Å²) in [6.45, 7) is 0.493. The van der Waals surface area contributed by atoms with E-state index in [1.165, 1.54) is 4.90 Å². The minimum absolute atomic E-state index is 0.0524. The number of nitrogens with one attached hydrogen (secondary N) is 1. The van der Waals surface area contributed by atoms with Crippen LogP contribution in [0.2, 0.25) is 10.0 Å². The first-order valence-corrected chi connectivity index (χ1v) is 7.85. The van der Waals surface area contributed by atoms with Gasteiger partial charge in [0.05, 0.1) is 18.2 Å². The van der Waals surface area contributed by atoms with Gasteiger partial charge in [0.25, 0.3) is 5.91 Å². The number of amides is 2. The summed E-state index contributed by atoms with van der Waals surface area (Å²) in [4.78, 5) is 27.4. The monoisotopic (exact) mass is 351 g/mol. The van der Waals surface area contributed by atoms with Crippen molar-refractivity contribution in [2.75, 3.05) is 13.6 Å². The Morgan fingerprint density at radius 1 is 1.26 bits per heavy atom. The highest BCUT2D eigenvalue weighted by molar-refractivity contribution is 6.35. The second-order valence-corrected chi connectivity index (χ2v) is 6.32. The summed E-state index contributed by atoms with van der Waals surface area (Å²) in [6.07, 6.45) is 5.33. The molecule has 2 amide bonds. The number of hydrogen-bond acceptors (Lipinski definition) is 3. The highest BCUT2D eigenvalue weighted by Gasteiger charge is 2.31. The van der Waals surface area contributed by atoms with Crippen molar-refractivity contribution in [2.45, 2.75) is 12.6 Å².